The van der Waals surface area contributed by atoms with Gasteiger partial charge in [0.1, 0.15) is 0 Å². The minimum absolute atomic E-state index is 0.0663. The van der Waals surface area contributed by atoms with E-state index in [1.807, 2.05) is 6.92 Å². The molecule has 3 saturated carbocycles. The van der Waals surface area contributed by atoms with Crippen molar-refractivity contribution >= 4 is 5.97 Å². The van der Waals surface area contributed by atoms with Crippen molar-refractivity contribution in [3.63, 3.8) is 0 Å². The third-order valence-electron chi connectivity index (χ3n) is 7.43. The molecule has 31 heavy (non-hydrogen) atoms. The summed E-state index contributed by atoms with van der Waals surface area (Å²) in [6, 6.07) is 0. The molecule has 4 rings (SSSR count). The summed E-state index contributed by atoms with van der Waals surface area (Å²) in [7, 11) is 0. The Hall–Kier alpha value is -0.730. The molecular weight excluding hydrogens is 400 g/mol. The molecule has 0 aromatic rings. The normalized spacial score (nSPS) is 34.8. The van der Waals surface area contributed by atoms with Crippen LogP contribution >= 0.6 is 0 Å². The van der Waals surface area contributed by atoms with Crippen LogP contribution in [0, 0.1) is 17.8 Å². The van der Waals surface area contributed by atoms with E-state index in [1.54, 1.807) is 6.92 Å². The summed E-state index contributed by atoms with van der Waals surface area (Å²) in [6.45, 7) is 4.34. The van der Waals surface area contributed by atoms with Crippen LogP contribution < -0.4 is 0 Å². The first kappa shape index (κ1) is 24.9. The number of rotatable bonds is 12. The van der Waals surface area contributed by atoms with Crippen LogP contribution in [0.1, 0.15) is 84.5 Å². The molecule has 1 aliphatic heterocycles. The van der Waals surface area contributed by atoms with E-state index in [-0.39, 0.29) is 36.6 Å². The minimum atomic E-state index is -0.791. The van der Waals surface area contributed by atoms with Crippen LogP contribution in [-0.2, 0) is 19.0 Å². The monoisotopic (exact) mass is 442 g/mol. The molecule has 2 bridgehead atoms. The van der Waals surface area contributed by atoms with Gasteiger partial charge in [-0.25, -0.2) is 0 Å². The molecule has 0 amide bonds. The summed E-state index contributed by atoms with van der Waals surface area (Å²) < 4.78 is 18.6. The van der Waals surface area contributed by atoms with Gasteiger partial charge in [-0.15, -0.1) is 0 Å². The number of aliphatic hydroxyl groups is 2. The molecule has 0 aromatic heterocycles. The van der Waals surface area contributed by atoms with Gasteiger partial charge < -0.3 is 29.5 Å². The predicted octanol–water partition coefficient (Wildman–Crippen LogP) is 3.49. The van der Waals surface area contributed by atoms with Crippen LogP contribution in [0.4, 0.5) is 0 Å². The zero-order valence-electron chi connectivity index (χ0n) is 19.2. The van der Waals surface area contributed by atoms with Crippen LogP contribution in [0.3, 0.4) is 0 Å². The van der Waals surface area contributed by atoms with Crippen LogP contribution in [-0.4, -0.2) is 64.7 Å². The van der Waals surface area contributed by atoms with Crippen molar-refractivity contribution in [2.24, 2.45) is 17.8 Å². The van der Waals surface area contributed by atoms with Gasteiger partial charge in [-0.05, 0) is 83.0 Å². The summed E-state index contributed by atoms with van der Waals surface area (Å²) in [5.74, 6) is -0.628. The van der Waals surface area contributed by atoms with Crippen molar-refractivity contribution in [1.29, 1.82) is 0 Å². The molecule has 3 aliphatic carbocycles. The highest BCUT2D eigenvalue weighted by Gasteiger charge is 2.43. The van der Waals surface area contributed by atoms with Gasteiger partial charge in [-0.3, -0.25) is 4.79 Å². The van der Waals surface area contributed by atoms with Gasteiger partial charge in [-0.2, -0.15) is 0 Å². The SMILES string of the molecule is CCC(CC(CC(CC(C)O)OC1CCCCO1)OC1CC2CCC1CC2O)C(=O)O. The summed E-state index contributed by atoms with van der Waals surface area (Å²) in [5, 5.41) is 29.9. The summed E-state index contributed by atoms with van der Waals surface area (Å²) in [6.07, 6.45) is 7.27. The topological polar surface area (TPSA) is 105 Å². The first-order valence-electron chi connectivity index (χ1n) is 12.4. The Kier molecular flexibility index (Phi) is 9.59. The number of aliphatic hydroxyl groups excluding tert-OH is 2. The number of carboxylic acid groups (broad SMARTS) is 1. The molecule has 0 spiro atoms. The molecule has 9 unspecified atom stereocenters. The maximum absolute atomic E-state index is 11.7. The number of ether oxygens (including phenoxy) is 3. The molecule has 4 aliphatic rings. The summed E-state index contributed by atoms with van der Waals surface area (Å²) >= 11 is 0. The number of fused-ring (bicyclic) bond motifs is 3. The second-order valence-electron chi connectivity index (χ2n) is 9.99. The molecule has 1 heterocycles. The van der Waals surface area contributed by atoms with E-state index in [1.165, 1.54) is 0 Å². The Morgan fingerprint density at radius 3 is 2.32 bits per heavy atom. The highest BCUT2D eigenvalue weighted by atomic mass is 16.7. The average molecular weight is 443 g/mol. The minimum Gasteiger partial charge on any atom is -0.481 e. The number of hydrogen-bond acceptors (Lipinski definition) is 6. The van der Waals surface area contributed by atoms with Crippen molar-refractivity contribution < 1.29 is 34.3 Å². The van der Waals surface area contributed by atoms with Crippen molar-refractivity contribution in [3.05, 3.63) is 0 Å². The number of carboxylic acids is 1. The van der Waals surface area contributed by atoms with Gasteiger partial charge >= 0.3 is 5.97 Å². The van der Waals surface area contributed by atoms with Crippen molar-refractivity contribution in [1.82, 2.24) is 0 Å². The fourth-order valence-electron chi connectivity index (χ4n) is 5.64. The van der Waals surface area contributed by atoms with Crippen LogP contribution in [0.5, 0.6) is 0 Å². The zero-order chi connectivity index (χ0) is 22.4. The van der Waals surface area contributed by atoms with Crippen LogP contribution in [0.15, 0.2) is 0 Å². The first-order valence-corrected chi connectivity index (χ1v) is 12.4. The molecule has 1 saturated heterocycles. The van der Waals surface area contributed by atoms with E-state index in [0.29, 0.717) is 38.2 Å². The Balaban J connectivity index is 1.67. The Morgan fingerprint density at radius 2 is 1.77 bits per heavy atom. The Bertz CT molecular complexity index is 548. The van der Waals surface area contributed by atoms with Gasteiger partial charge in [0.05, 0.1) is 36.4 Å². The van der Waals surface area contributed by atoms with Gasteiger partial charge in [0.2, 0.25) is 0 Å². The number of aliphatic carboxylic acids is 1. The molecule has 0 radical (unpaired) electrons. The molecule has 9 atom stereocenters. The Labute approximate surface area is 186 Å². The van der Waals surface area contributed by atoms with Crippen molar-refractivity contribution in [2.45, 2.75) is 121 Å². The molecule has 7 heteroatoms. The van der Waals surface area contributed by atoms with Crippen LogP contribution in [0.2, 0.25) is 0 Å². The van der Waals surface area contributed by atoms with E-state index < -0.39 is 18.0 Å². The van der Waals surface area contributed by atoms with E-state index in [2.05, 4.69) is 0 Å². The molecule has 180 valence electrons. The smallest absolute Gasteiger partial charge is 0.306 e. The number of carbonyl (C=O) groups is 1. The van der Waals surface area contributed by atoms with Crippen LogP contribution in [0.25, 0.3) is 0 Å². The largest absolute Gasteiger partial charge is 0.481 e. The van der Waals surface area contributed by atoms with Crippen molar-refractivity contribution in [2.75, 3.05) is 6.61 Å². The quantitative estimate of drug-likeness (QED) is 0.425. The van der Waals surface area contributed by atoms with E-state index in [4.69, 9.17) is 14.2 Å². The summed E-state index contributed by atoms with van der Waals surface area (Å²) in [4.78, 5) is 11.7. The second-order valence-corrected chi connectivity index (χ2v) is 9.99. The highest BCUT2D eigenvalue weighted by Crippen LogP contribution is 2.44. The van der Waals surface area contributed by atoms with Gasteiger partial charge in [0.25, 0.3) is 0 Å². The predicted molar refractivity (Wildman–Crippen MR) is 116 cm³/mol. The van der Waals surface area contributed by atoms with Gasteiger partial charge in [-0.1, -0.05) is 6.92 Å². The standard InChI is InChI=1S/C24H42O7/c1-3-16(24(27)28)11-20(30-22-13-17-7-8-18(22)12-21(17)26)14-19(10-15(2)25)31-23-6-4-5-9-29-23/h15-23,25-26H,3-14H2,1-2H3,(H,27,28). The Morgan fingerprint density at radius 1 is 1.03 bits per heavy atom. The van der Waals surface area contributed by atoms with Crippen molar-refractivity contribution in [3.8, 4) is 0 Å². The lowest BCUT2D eigenvalue weighted by Gasteiger charge is -2.46. The molecular formula is C24H42O7. The highest BCUT2D eigenvalue weighted by molar-refractivity contribution is 5.69. The third kappa shape index (κ3) is 7.39. The lowest BCUT2D eigenvalue weighted by atomic mass is 9.67. The molecule has 4 fully saturated rings. The molecule has 3 N–H and O–H groups in total. The van der Waals surface area contributed by atoms with E-state index in [0.717, 1.165) is 44.9 Å². The maximum atomic E-state index is 11.7. The lowest BCUT2D eigenvalue weighted by molar-refractivity contribution is -0.205. The molecule has 7 nitrogen and oxygen atoms in total. The number of hydrogen-bond donors (Lipinski definition) is 3. The summed E-state index contributed by atoms with van der Waals surface area (Å²) in [5.41, 5.74) is 0. The third-order valence-corrected chi connectivity index (χ3v) is 7.43. The maximum Gasteiger partial charge on any atom is 0.306 e. The van der Waals surface area contributed by atoms with E-state index in [9.17, 15) is 20.1 Å². The van der Waals surface area contributed by atoms with E-state index >= 15 is 0 Å². The van der Waals surface area contributed by atoms with Gasteiger partial charge in [0.15, 0.2) is 6.29 Å². The molecule has 0 aromatic carbocycles. The average Bonchev–Trinajstić information content (AvgIpc) is 2.72. The fourth-order valence-corrected chi connectivity index (χ4v) is 5.64. The zero-order valence-corrected chi connectivity index (χ0v) is 19.2. The first-order chi connectivity index (χ1) is 14.9. The lowest BCUT2D eigenvalue weighted by Crippen LogP contribution is -2.46. The fraction of sp³-hybridized carbons (Fsp3) is 0.958. The second kappa shape index (κ2) is 11.9. The van der Waals surface area contributed by atoms with Gasteiger partial charge in [0, 0.05) is 13.0 Å².